The number of piperazine rings is 1. The number of aromatic nitrogens is 6. The van der Waals surface area contributed by atoms with Crippen LogP contribution in [0.3, 0.4) is 0 Å². The number of hydrogen-bond acceptors (Lipinski definition) is 9. The van der Waals surface area contributed by atoms with Crippen LogP contribution in [0.2, 0.25) is 0 Å². The van der Waals surface area contributed by atoms with Crippen LogP contribution < -0.4 is 9.80 Å². The Hall–Kier alpha value is -2.59. The molecule has 0 unspecified atom stereocenters. The lowest BCUT2D eigenvalue weighted by Gasteiger charge is -2.34. The van der Waals surface area contributed by atoms with Gasteiger partial charge in [-0.3, -0.25) is 0 Å². The molecule has 138 valence electrons. The van der Waals surface area contributed by atoms with Gasteiger partial charge in [0.05, 0.1) is 0 Å². The highest BCUT2D eigenvalue weighted by Gasteiger charge is 2.22. The van der Waals surface area contributed by atoms with E-state index in [1.165, 1.54) is 11.5 Å². The summed E-state index contributed by atoms with van der Waals surface area (Å²) in [6.45, 7) is 5.71. The van der Waals surface area contributed by atoms with Crippen LogP contribution in [0.5, 0.6) is 0 Å². The third kappa shape index (κ3) is 3.04. The van der Waals surface area contributed by atoms with Crippen LogP contribution >= 0.6 is 22.9 Å². The summed E-state index contributed by atoms with van der Waals surface area (Å²) in [4.78, 5) is 9.21. The van der Waals surface area contributed by atoms with Crippen molar-refractivity contribution in [3.05, 3.63) is 34.8 Å². The Morgan fingerprint density at radius 3 is 2.63 bits per heavy atom. The topological polar surface area (TPSA) is 75.3 Å². The molecule has 1 aliphatic heterocycles. The lowest BCUT2D eigenvalue weighted by atomic mass is 10.3. The summed E-state index contributed by atoms with van der Waals surface area (Å²) < 4.78 is 6.23. The van der Waals surface area contributed by atoms with Crippen molar-refractivity contribution in [2.75, 3.05) is 36.0 Å². The third-order valence-corrected chi connectivity index (χ3v) is 6.17. The zero-order chi connectivity index (χ0) is 18.2. The summed E-state index contributed by atoms with van der Waals surface area (Å²) in [6, 6.07) is 6.05. The van der Waals surface area contributed by atoms with Crippen molar-refractivity contribution in [1.82, 2.24) is 29.2 Å². The monoisotopic (exact) mass is 398 g/mol. The zero-order valence-corrected chi connectivity index (χ0v) is 16.4. The van der Waals surface area contributed by atoms with E-state index in [0.717, 1.165) is 66.4 Å². The van der Waals surface area contributed by atoms with Crippen LogP contribution in [0.25, 0.3) is 17.0 Å². The van der Waals surface area contributed by atoms with Crippen LogP contribution in [-0.2, 0) is 6.42 Å². The second-order valence-corrected chi connectivity index (χ2v) is 7.83. The molecule has 0 aromatic carbocycles. The van der Waals surface area contributed by atoms with E-state index in [2.05, 4.69) is 41.7 Å². The Morgan fingerprint density at radius 2 is 1.89 bits per heavy atom. The maximum Gasteiger partial charge on any atom is 0.205 e. The molecule has 1 saturated heterocycles. The van der Waals surface area contributed by atoms with E-state index < -0.39 is 0 Å². The van der Waals surface area contributed by atoms with Gasteiger partial charge in [-0.1, -0.05) is 6.92 Å². The molecule has 4 aromatic heterocycles. The number of aryl methyl sites for hydroxylation is 1. The van der Waals surface area contributed by atoms with E-state index >= 15 is 0 Å². The molecule has 1 aliphatic rings. The van der Waals surface area contributed by atoms with Crippen LogP contribution in [0.4, 0.5) is 10.9 Å². The van der Waals surface area contributed by atoms with Crippen molar-refractivity contribution >= 4 is 39.5 Å². The first-order valence-corrected chi connectivity index (χ1v) is 10.6. The quantitative estimate of drug-likeness (QED) is 0.523. The van der Waals surface area contributed by atoms with Crippen molar-refractivity contribution in [2.45, 2.75) is 13.3 Å². The summed E-state index contributed by atoms with van der Waals surface area (Å²) in [5.74, 6) is 2.66. The number of thiophene rings is 1. The lowest BCUT2D eigenvalue weighted by Crippen LogP contribution is -2.47. The van der Waals surface area contributed by atoms with E-state index in [4.69, 9.17) is 5.10 Å². The summed E-state index contributed by atoms with van der Waals surface area (Å²) in [5, 5.41) is 18.5. The van der Waals surface area contributed by atoms with E-state index in [0.29, 0.717) is 0 Å². The summed E-state index contributed by atoms with van der Waals surface area (Å²) in [6.07, 6.45) is 0.881. The second kappa shape index (κ2) is 6.86. The minimum absolute atomic E-state index is 0.763. The number of hydrogen-bond donors (Lipinski definition) is 0. The minimum atomic E-state index is 0.763. The molecule has 8 nitrogen and oxygen atoms in total. The maximum atomic E-state index is 4.81. The van der Waals surface area contributed by atoms with Gasteiger partial charge in [0.25, 0.3) is 0 Å². The number of fused-ring (bicyclic) bond motifs is 1. The Balaban J connectivity index is 1.36. The first kappa shape index (κ1) is 16.6. The average Bonchev–Trinajstić information content (AvgIpc) is 3.47. The van der Waals surface area contributed by atoms with Gasteiger partial charge in [-0.15, -0.1) is 15.3 Å². The molecule has 10 heteroatoms. The average molecular weight is 399 g/mol. The Labute approximate surface area is 164 Å². The molecular formula is C17H18N8S2. The molecule has 5 rings (SSSR count). The van der Waals surface area contributed by atoms with Gasteiger partial charge in [0.2, 0.25) is 5.13 Å². The van der Waals surface area contributed by atoms with Crippen LogP contribution in [-0.4, -0.2) is 55.3 Å². The van der Waals surface area contributed by atoms with E-state index in [9.17, 15) is 0 Å². The van der Waals surface area contributed by atoms with Crippen molar-refractivity contribution in [3.63, 3.8) is 0 Å². The highest BCUT2D eigenvalue weighted by Crippen LogP contribution is 2.24. The largest absolute Gasteiger partial charge is 0.352 e. The minimum Gasteiger partial charge on any atom is -0.352 e. The molecule has 0 amide bonds. The molecule has 1 fully saturated rings. The maximum absolute atomic E-state index is 4.81. The molecule has 0 N–H and O–H groups in total. The van der Waals surface area contributed by atoms with Gasteiger partial charge in [-0.2, -0.15) is 20.2 Å². The van der Waals surface area contributed by atoms with E-state index in [1.54, 1.807) is 11.3 Å². The van der Waals surface area contributed by atoms with Crippen LogP contribution in [0, 0.1) is 0 Å². The van der Waals surface area contributed by atoms with Gasteiger partial charge in [0, 0.05) is 55.1 Å². The second-order valence-electron chi connectivity index (χ2n) is 6.32. The fraction of sp³-hybridized carbons (Fsp3) is 0.353. The molecule has 0 saturated carbocycles. The molecule has 0 radical (unpaired) electrons. The van der Waals surface area contributed by atoms with Gasteiger partial charge in [0.1, 0.15) is 11.6 Å². The normalized spacial score (nSPS) is 15.0. The van der Waals surface area contributed by atoms with Crippen LogP contribution in [0.15, 0.2) is 29.0 Å². The third-order valence-electron chi connectivity index (χ3n) is 4.68. The molecule has 0 spiro atoms. The Bertz CT molecular complexity index is 1050. The smallest absolute Gasteiger partial charge is 0.205 e. The van der Waals surface area contributed by atoms with Crippen molar-refractivity contribution in [2.24, 2.45) is 0 Å². The van der Waals surface area contributed by atoms with Crippen molar-refractivity contribution in [1.29, 1.82) is 0 Å². The summed E-state index contributed by atoms with van der Waals surface area (Å²) in [5.41, 5.74) is 1.81. The van der Waals surface area contributed by atoms with Gasteiger partial charge in [-0.25, -0.2) is 4.98 Å². The summed E-state index contributed by atoms with van der Waals surface area (Å²) >= 11 is 3.14. The van der Waals surface area contributed by atoms with Crippen LogP contribution in [0.1, 0.15) is 12.7 Å². The zero-order valence-electron chi connectivity index (χ0n) is 14.8. The molecular weight excluding hydrogens is 380 g/mol. The first-order chi connectivity index (χ1) is 13.3. The predicted molar refractivity (Wildman–Crippen MR) is 108 cm³/mol. The first-order valence-electron chi connectivity index (χ1n) is 8.89. The van der Waals surface area contributed by atoms with Gasteiger partial charge in [-0.05, 0) is 23.6 Å². The van der Waals surface area contributed by atoms with Gasteiger partial charge < -0.3 is 9.80 Å². The molecule has 4 aromatic rings. The highest BCUT2D eigenvalue weighted by molar-refractivity contribution is 7.09. The molecule has 27 heavy (non-hydrogen) atoms. The number of anilines is 2. The number of nitrogens with zero attached hydrogens (tertiary/aromatic N) is 8. The van der Waals surface area contributed by atoms with E-state index in [-0.39, 0.29) is 0 Å². The van der Waals surface area contributed by atoms with Gasteiger partial charge in [0.15, 0.2) is 11.5 Å². The highest BCUT2D eigenvalue weighted by atomic mass is 32.1. The lowest BCUT2D eigenvalue weighted by molar-refractivity contribution is 0.640. The summed E-state index contributed by atoms with van der Waals surface area (Å²) in [7, 11) is 0. The van der Waals surface area contributed by atoms with Crippen molar-refractivity contribution in [3.8, 4) is 11.4 Å². The molecule has 0 aliphatic carbocycles. The SMILES string of the molecule is CCc1nsc(N2CCN(c3ccc4nnc(-c5ccsc5)n4n3)CC2)n1. The van der Waals surface area contributed by atoms with Crippen molar-refractivity contribution < 1.29 is 0 Å². The fourth-order valence-electron chi connectivity index (χ4n) is 3.16. The Kier molecular flexibility index (Phi) is 4.21. The van der Waals surface area contributed by atoms with E-state index in [1.807, 2.05) is 28.1 Å². The predicted octanol–water partition coefficient (Wildman–Crippen LogP) is 2.59. The van der Waals surface area contributed by atoms with Gasteiger partial charge >= 0.3 is 0 Å². The Morgan fingerprint density at radius 1 is 1.04 bits per heavy atom. The molecule has 5 heterocycles. The number of rotatable bonds is 4. The fourth-order valence-corrected chi connectivity index (χ4v) is 4.60. The molecule has 0 bridgehead atoms. The molecule has 0 atom stereocenters. The standard InChI is InChI=1S/C17H18N8S2/c1-2-13-18-17(27-22-13)24-8-6-23(7-9-24)15-4-3-14-19-20-16(25(14)21-15)12-5-10-26-11-12/h3-5,10-11H,2,6-9H2,1H3.